The van der Waals surface area contributed by atoms with E-state index in [1.54, 1.807) is 6.92 Å². The monoisotopic (exact) mass is 259 g/mol. The number of aromatic nitrogens is 2. The average molecular weight is 259 g/mol. The number of rotatable bonds is 2. The van der Waals surface area contributed by atoms with E-state index < -0.39 is 11.6 Å². The topological polar surface area (TPSA) is 51.8 Å². The third-order valence-corrected chi connectivity index (χ3v) is 3.66. The van der Waals surface area contributed by atoms with Gasteiger partial charge in [0.2, 0.25) is 0 Å². The third kappa shape index (κ3) is 2.30. The fourth-order valence-corrected chi connectivity index (χ4v) is 2.68. The largest absolute Gasteiger partial charge is 0.399 e. The van der Waals surface area contributed by atoms with Crippen LogP contribution in [0.5, 0.6) is 0 Å². The fourth-order valence-electron chi connectivity index (χ4n) is 1.08. The van der Waals surface area contributed by atoms with Gasteiger partial charge in [0.15, 0.2) is 4.34 Å². The zero-order valence-corrected chi connectivity index (χ0v) is 9.83. The van der Waals surface area contributed by atoms with Gasteiger partial charge in [-0.1, -0.05) is 11.8 Å². The van der Waals surface area contributed by atoms with E-state index in [0.29, 0.717) is 10.2 Å². The number of nitrogens with two attached hydrogens (primary N) is 1. The summed E-state index contributed by atoms with van der Waals surface area (Å²) >= 11 is 2.01. The Balaban J connectivity index is 2.34. The van der Waals surface area contributed by atoms with Crippen molar-refractivity contribution in [3.8, 4) is 0 Å². The molecule has 3 nitrogen and oxygen atoms in total. The maximum Gasteiger partial charge on any atom is 0.175 e. The second kappa shape index (κ2) is 4.34. The van der Waals surface area contributed by atoms with Gasteiger partial charge in [0, 0.05) is 5.69 Å². The highest BCUT2D eigenvalue weighted by atomic mass is 32.2. The van der Waals surface area contributed by atoms with Crippen molar-refractivity contribution in [3.63, 3.8) is 0 Å². The number of anilines is 1. The molecular formula is C9H7F2N3S2. The van der Waals surface area contributed by atoms with Gasteiger partial charge in [-0.05, 0) is 30.6 Å². The molecule has 0 saturated heterocycles. The molecule has 2 aromatic rings. The molecule has 84 valence electrons. The molecule has 0 unspecified atom stereocenters. The summed E-state index contributed by atoms with van der Waals surface area (Å²) in [6.45, 7) is 1.72. The molecular weight excluding hydrogens is 252 g/mol. The lowest BCUT2D eigenvalue weighted by atomic mass is 10.3. The zero-order valence-electron chi connectivity index (χ0n) is 8.20. The number of nitrogens with zero attached hydrogens (tertiary/aromatic N) is 2. The van der Waals surface area contributed by atoms with Crippen LogP contribution in [-0.2, 0) is 0 Å². The van der Waals surface area contributed by atoms with Crippen molar-refractivity contribution in [1.82, 2.24) is 9.36 Å². The standard InChI is InChI=1S/C9H7F2N3S2/c1-4-13-9(16-14-4)15-8-6(10)2-5(12)3-7(8)11/h2-3H,12H2,1H3. The van der Waals surface area contributed by atoms with Crippen LogP contribution < -0.4 is 5.73 Å². The lowest BCUT2D eigenvalue weighted by Gasteiger charge is -2.02. The van der Waals surface area contributed by atoms with E-state index in [2.05, 4.69) is 9.36 Å². The molecule has 0 saturated carbocycles. The summed E-state index contributed by atoms with van der Waals surface area (Å²) in [4.78, 5) is 3.91. The van der Waals surface area contributed by atoms with Crippen molar-refractivity contribution in [3.05, 3.63) is 29.6 Å². The quantitative estimate of drug-likeness (QED) is 0.843. The molecule has 2 N–H and O–H groups in total. The van der Waals surface area contributed by atoms with Crippen LogP contribution in [0.3, 0.4) is 0 Å². The Morgan fingerprint density at radius 3 is 2.44 bits per heavy atom. The lowest BCUT2D eigenvalue weighted by Crippen LogP contribution is -1.92. The zero-order chi connectivity index (χ0) is 11.7. The third-order valence-electron chi connectivity index (χ3n) is 1.72. The fraction of sp³-hybridized carbons (Fsp3) is 0.111. The molecule has 1 aromatic carbocycles. The van der Waals surface area contributed by atoms with Crippen LogP contribution in [0.2, 0.25) is 0 Å². The lowest BCUT2D eigenvalue weighted by molar-refractivity contribution is 0.542. The minimum absolute atomic E-state index is 0.0628. The molecule has 7 heteroatoms. The van der Waals surface area contributed by atoms with Crippen molar-refractivity contribution in [2.45, 2.75) is 16.2 Å². The van der Waals surface area contributed by atoms with Crippen LogP contribution in [0.4, 0.5) is 14.5 Å². The number of hydrogen-bond acceptors (Lipinski definition) is 5. The van der Waals surface area contributed by atoms with Crippen molar-refractivity contribution >= 4 is 29.0 Å². The smallest absolute Gasteiger partial charge is 0.175 e. The molecule has 2 rings (SSSR count). The molecule has 1 aromatic heterocycles. The molecule has 1 heterocycles. The minimum Gasteiger partial charge on any atom is -0.399 e. The number of aryl methyl sites for hydroxylation is 1. The SMILES string of the molecule is Cc1nsc(Sc2c(F)cc(N)cc2F)n1. The summed E-state index contributed by atoms with van der Waals surface area (Å²) in [6.07, 6.45) is 0. The molecule has 0 bridgehead atoms. The summed E-state index contributed by atoms with van der Waals surface area (Å²) in [7, 11) is 0. The first-order valence-electron chi connectivity index (χ1n) is 4.29. The van der Waals surface area contributed by atoms with E-state index >= 15 is 0 Å². The van der Waals surface area contributed by atoms with Crippen LogP contribution in [-0.4, -0.2) is 9.36 Å². The Bertz CT molecular complexity index is 504. The van der Waals surface area contributed by atoms with Gasteiger partial charge in [-0.25, -0.2) is 13.8 Å². The Hall–Kier alpha value is -1.21. The minimum atomic E-state index is -0.685. The van der Waals surface area contributed by atoms with Gasteiger partial charge in [0.1, 0.15) is 17.5 Å². The molecule has 0 aliphatic carbocycles. The number of benzene rings is 1. The Kier molecular flexibility index (Phi) is 3.06. The van der Waals surface area contributed by atoms with E-state index in [0.717, 1.165) is 35.4 Å². The van der Waals surface area contributed by atoms with Crippen LogP contribution in [0.25, 0.3) is 0 Å². The highest BCUT2D eigenvalue weighted by Gasteiger charge is 2.14. The molecule has 0 atom stereocenters. The molecule has 0 radical (unpaired) electrons. The van der Waals surface area contributed by atoms with Crippen molar-refractivity contribution in [2.24, 2.45) is 0 Å². The molecule has 0 fully saturated rings. The van der Waals surface area contributed by atoms with E-state index in [4.69, 9.17) is 5.73 Å². The number of halogens is 2. The molecule has 0 amide bonds. The van der Waals surface area contributed by atoms with Crippen LogP contribution >= 0.6 is 23.3 Å². The number of hydrogen-bond donors (Lipinski definition) is 1. The average Bonchev–Trinajstić information content (AvgIpc) is 2.58. The van der Waals surface area contributed by atoms with E-state index in [1.165, 1.54) is 0 Å². The van der Waals surface area contributed by atoms with E-state index in [9.17, 15) is 8.78 Å². The Morgan fingerprint density at radius 2 is 1.94 bits per heavy atom. The first-order chi connectivity index (χ1) is 7.56. The molecule has 0 spiro atoms. The second-order valence-electron chi connectivity index (χ2n) is 3.02. The predicted octanol–water partition coefficient (Wildman–Crippen LogP) is 2.86. The van der Waals surface area contributed by atoms with Crippen LogP contribution in [0.15, 0.2) is 21.4 Å². The molecule has 16 heavy (non-hydrogen) atoms. The van der Waals surface area contributed by atoms with Gasteiger partial charge in [-0.2, -0.15) is 4.37 Å². The number of nitrogen functional groups attached to an aromatic ring is 1. The van der Waals surface area contributed by atoms with E-state index in [-0.39, 0.29) is 10.6 Å². The summed E-state index contributed by atoms with van der Waals surface area (Å²) in [6, 6.07) is 2.17. The molecule has 0 aliphatic heterocycles. The first kappa shape index (κ1) is 11.3. The summed E-state index contributed by atoms with van der Waals surface area (Å²) in [5.41, 5.74) is 5.37. The van der Waals surface area contributed by atoms with Gasteiger partial charge >= 0.3 is 0 Å². The predicted molar refractivity (Wildman–Crippen MR) is 59.5 cm³/mol. The normalized spacial score (nSPS) is 10.7. The Labute approximate surface area is 98.9 Å². The first-order valence-corrected chi connectivity index (χ1v) is 5.88. The van der Waals surface area contributed by atoms with Gasteiger partial charge in [-0.3, -0.25) is 0 Å². The van der Waals surface area contributed by atoms with Crippen LogP contribution in [0, 0.1) is 18.6 Å². The van der Waals surface area contributed by atoms with Gasteiger partial charge < -0.3 is 5.73 Å². The van der Waals surface area contributed by atoms with Gasteiger partial charge in [0.25, 0.3) is 0 Å². The highest BCUT2D eigenvalue weighted by molar-refractivity contribution is 8.01. The van der Waals surface area contributed by atoms with Crippen molar-refractivity contribution in [2.75, 3.05) is 5.73 Å². The maximum atomic E-state index is 13.4. The van der Waals surface area contributed by atoms with Gasteiger partial charge in [-0.15, -0.1) is 0 Å². The van der Waals surface area contributed by atoms with Gasteiger partial charge in [0.05, 0.1) is 4.90 Å². The second-order valence-corrected chi connectivity index (χ2v) is 5.03. The summed E-state index contributed by atoms with van der Waals surface area (Å²) < 4.78 is 31.3. The van der Waals surface area contributed by atoms with E-state index in [1.807, 2.05) is 0 Å². The van der Waals surface area contributed by atoms with Crippen molar-refractivity contribution in [1.29, 1.82) is 0 Å². The van der Waals surface area contributed by atoms with Crippen molar-refractivity contribution < 1.29 is 8.78 Å². The maximum absolute atomic E-state index is 13.4. The highest BCUT2D eigenvalue weighted by Crippen LogP contribution is 2.33. The van der Waals surface area contributed by atoms with Crippen LogP contribution in [0.1, 0.15) is 5.82 Å². The summed E-state index contributed by atoms with van der Waals surface area (Å²) in [5.74, 6) is -0.783. The summed E-state index contributed by atoms with van der Waals surface area (Å²) in [5, 5.41) is 0. The molecule has 0 aliphatic rings. The Morgan fingerprint density at radius 1 is 1.31 bits per heavy atom.